The zero-order chi connectivity index (χ0) is 13.0. The molecule has 2 rings (SSSR count). The molecule has 0 aliphatic carbocycles. The van der Waals surface area contributed by atoms with Crippen LogP contribution in [0.2, 0.25) is 0 Å². The quantitative estimate of drug-likeness (QED) is 0.889. The average molecular weight is 268 g/mol. The Kier molecular flexibility index (Phi) is 4.76. The van der Waals surface area contributed by atoms with Crippen LogP contribution in [-0.4, -0.2) is 35.0 Å². The number of hydrogen-bond acceptors (Lipinski definition) is 4. The lowest BCUT2D eigenvalue weighted by molar-refractivity contribution is 0.250. The van der Waals surface area contributed by atoms with Gasteiger partial charge in [-0.25, -0.2) is 0 Å². The highest BCUT2D eigenvalue weighted by Gasteiger charge is 2.27. The van der Waals surface area contributed by atoms with E-state index in [9.17, 15) is 0 Å². The van der Waals surface area contributed by atoms with Crippen molar-refractivity contribution in [3.63, 3.8) is 0 Å². The van der Waals surface area contributed by atoms with Crippen LogP contribution in [0.4, 0.5) is 0 Å². The second kappa shape index (κ2) is 6.13. The summed E-state index contributed by atoms with van der Waals surface area (Å²) in [5.41, 5.74) is 1.33. The smallest absolute Gasteiger partial charge is 0.122 e. The minimum absolute atomic E-state index is 0.379. The molecule has 0 aromatic carbocycles. The van der Waals surface area contributed by atoms with E-state index in [0.29, 0.717) is 4.75 Å². The molecule has 1 N–H and O–H groups in total. The first-order valence-corrected chi connectivity index (χ1v) is 7.71. The number of rotatable bonds is 5. The number of hydrogen-bond donors (Lipinski definition) is 1. The van der Waals surface area contributed by atoms with Gasteiger partial charge < -0.3 is 9.73 Å². The molecule has 18 heavy (non-hydrogen) atoms. The van der Waals surface area contributed by atoms with Crippen LogP contribution in [0, 0.1) is 0 Å². The summed E-state index contributed by atoms with van der Waals surface area (Å²) >= 11 is 2.08. The van der Waals surface area contributed by atoms with E-state index in [4.69, 9.17) is 4.42 Å². The average Bonchev–Trinajstić information content (AvgIpc) is 2.72. The van der Waals surface area contributed by atoms with Crippen molar-refractivity contribution in [2.45, 2.75) is 38.6 Å². The number of thioether (sulfide) groups is 1. The van der Waals surface area contributed by atoms with Gasteiger partial charge in [0.15, 0.2) is 0 Å². The fourth-order valence-electron chi connectivity index (χ4n) is 2.39. The maximum Gasteiger partial charge on any atom is 0.122 e. The second-order valence-electron chi connectivity index (χ2n) is 5.47. The van der Waals surface area contributed by atoms with Gasteiger partial charge in [0.05, 0.1) is 12.8 Å². The molecule has 2 heterocycles. The molecule has 102 valence electrons. The van der Waals surface area contributed by atoms with Crippen molar-refractivity contribution in [1.29, 1.82) is 0 Å². The van der Waals surface area contributed by atoms with Crippen molar-refractivity contribution in [3.8, 4) is 0 Å². The summed E-state index contributed by atoms with van der Waals surface area (Å²) in [5, 5.41) is 3.33. The Hall–Kier alpha value is -0.450. The highest BCUT2D eigenvalue weighted by Crippen LogP contribution is 2.30. The molecule has 1 aliphatic rings. The van der Waals surface area contributed by atoms with Crippen molar-refractivity contribution < 1.29 is 4.42 Å². The maximum absolute atomic E-state index is 5.57. The summed E-state index contributed by atoms with van der Waals surface area (Å²) in [6, 6.07) is 2.11. The number of nitrogens with one attached hydrogen (secondary N) is 1. The molecule has 0 unspecified atom stereocenters. The standard InChI is InChI=1S/C14H24N2OS/c1-4-15-9-13-12(5-7-17-13)10-16-6-8-18-14(2,3)11-16/h5,7,15H,4,6,8-11H2,1-3H3. The van der Waals surface area contributed by atoms with Gasteiger partial charge in [0.1, 0.15) is 5.76 Å². The topological polar surface area (TPSA) is 28.4 Å². The van der Waals surface area contributed by atoms with Gasteiger partial charge >= 0.3 is 0 Å². The van der Waals surface area contributed by atoms with Gasteiger partial charge in [-0.15, -0.1) is 0 Å². The van der Waals surface area contributed by atoms with E-state index >= 15 is 0 Å². The summed E-state index contributed by atoms with van der Waals surface area (Å²) < 4.78 is 5.94. The van der Waals surface area contributed by atoms with Crippen molar-refractivity contribution in [3.05, 3.63) is 23.7 Å². The number of furan rings is 1. The molecule has 1 aromatic heterocycles. The third-order valence-corrected chi connectivity index (χ3v) is 4.57. The van der Waals surface area contributed by atoms with Crippen LogP contribution in [-0.2, 0) is 13.1 Å². The predicted octanol–water partition coefficient (Wildman–Crippen LogP) is 2.72. The molecule has 4 heteroatoms. The van der Waals surface area contributed by atoms with Crippen molar-refractivity contribution in [2.24, 2.45) is 0 Å². The van der Waals surface area contributed by atoms with Crippen LogP contribution in [0.3, 0.4) is 0 Å². The van der Waals surface area contributed by atoms with Gasteiger partial charge in [0.2, 0.25) is 0 Å². The van der Waals surface area contributed by atoms with Gasteiger partial charge in [-0.1, -0.05) is 6.92 Å². The van der Waals surface area contributed by atoms with Gasteiger partial charge in [0.25, 0.3) is 0 Å². The molecular formula is C14H24N2OS. The van der Waals surface area contributed by atoms with Crippen LogP contribution < -0.4 is 5.32 Å². The molecule has 3 nitrogen and oxygen atoms in total. The summed E-state index contributed by atoms with van der Waals surface area (Å²) in [5.74, 6) is 2.32. The van der Waals surface area contributed by atoms with Gasteiger partial charge in [0, 0.05) is 35.7 Å². The lowest BCUT2D eigenvalue weighted by atomic mass is 10.1. The molecule has 1 fully saturated rings. The van der Waals surface area contributed by atoms with Gasteiger partial charge in [-0.3, -0.25) is 4.90 Å². The highest BCUT2D eigenvalue weighted by molar-refractivity contribution is 8.00. The molecule has 0 bridgehead atoms. The van der Waals surface area contributed by atoms with Crippen LogP contribution >= 0.6 is 11.8 Å². The molecule has 0 saturated carbocycles. The Morgan fingerprint density at radius 3 is 3.06 bits per heavy atom. The van der Waals surface area contributed by atoms with E-state index in [-0.39, 0.29) is 0 Å². The number of nitrogens with zero attached hydrogens (tertiary/aromatic N) is 1. The maximum atomic E-state index is 5.57. The van der Waals surface area contributed by atoms with Crippen LogP contribution in [0.25, 0.3) is 0 Å². The predicted molar refractivity (Wildman–Crippen MR) is 77.9 cm³/mol. The fourth-order valence-corrected chi connectivity index (χ4v) is 3.57. The van der Waals surface area contributed by atoms with Crippen LogP contribution in [0.1, 0.15) is 32.1 Å². The van der Waals surface area contributed by atoms with Crippen molar-refractivity contribution >= 4 is 11.8 Å². The first kappa shape index (κ1) is 14.0. The van der Waals surface area contributed by atoms with Gasteiger partial charge in [-0.2, -0.15) is 11.8 Å². The van der Waals surface area contributed by atoms with Crippen molar-refractivity contribution in [2.75, 3.05) is 25.4 Å². The van der Waals surface area contributed by atoms with Crippen molar-refractivity contribution in [1.82, 2.24) is 10.2 Å². The van der Waals surface area contributed by atoms with E-state index in [1.54, 1.807) is 0 Å². The SMILES string of the molecule is CCNCc1occc1CN1CCSC(C)(C)C1. The van der Waals surface area contributed by atoms with Crippen LogP contribution in [0.5, 0.6) is 0 Å². The largest absolute Gasteiger partial charge is 0.468 e. The molecule has 1 aromatic rings. The summed E-state index contributed by atoms with van der Waals surface area (Å²) in [6.07, 6.45) is 1.81. The van der Waals surface area contributed by atoms with E-state index in [2.05, 4.69) is 48.8 Å². The van der Waals surface area contributed by atoms with Gasteiger partial charge in [-0.05, 0) is 26.5 Å². The monoisotopic (exact) mass is 268 g/mol. The molecule has 0 spiro atoms. The third-order valence-electron chi connectivity index (χ3n) is 3.27. The highest BCUT2D eigenvalue weighted by atomic mass is 32.2. The second-order valence-corrected chi connectivity index (χ2v) is 7.27. The molecule has 1 aliphatic heterocycles. The Morgan fingerprint density at radius 2 is 2.33 bits per heavy atom. The Balaban J connectivity index is 1.94. The first-order valence-electron chi connectivity index (χ1n) is 6.73. The van der Waals surface area contributed by atoms with E-state index in [0.717, 1.165) is 31.9 Å². The Bertz CT molecular complexity index is 376. The Labute approximate surface area is 114 Å². The first-order chi connectivity index (χ1) is 8.61. The zero-order valence-corrected chi connectivity index (χ0v) is 12.5. The van der Waals surface area contributed by atoms with E-state index in [1.165, 1.54) is 17.9 Å². The zero-order valence-electron chi connectivity index (χ0n) is 11.7. The molecule has 0 amide bonds. The Morgan fingerprint density at radius 1 is 1.50 bits per heavy atom. The lowest BCUT2D eigenvalue weighted by Gasteiger charge is -2.37. The normalized spacial score (nSPS) is 20.2. The summed E-state index contributed by atoms with van der Waals surface area (Å²) in [6.45, 7) is 12.0. The fraction of sp³-hybridized carbons (Fsp3) is 0.714. The minimum Gasteiger partial charge on any atom is -0.468 e. The molecule has 0 atom stereocenters. The van der Waals surface area contributed by atoms with Crippen LogP contribution in [0.15, 0.2) is 16.7 Å². The lowest BCUT2D eigenvalue weighted by Crippen LogP contribution is -2.42. The minimum atomic E-state index is 0.379. The molecule has 1 saturated heterocycles. The van der Waals surface area contributed by atoms with E-state index < -0.39 is 0 Å². The third kappa shape index (κ3) is 3.77. The molecular weight excluding hydrogens is 244 g/mol. The van der Waals surface area contributed by atoms with E-state index in [1.807, 2.05) is 6.26 Å². The molecule has 0 radical (unpaired) electrons. The summed E-state index contributed by atoms with van der Waals surface area (Å²) in [4.78, 5) is 2.54. The summed E-state index contributed by atoms with van der Waals surface area (Å²) in [7, 11) is 0.